The second-order valence-corrected chi connectivity index (χ2v) is 6.30. The van der Waals surface area contributed by atoms with Crippen molar-refractivity contribution in [2.24, 2.45) is 0 Å². The van der Waals surface area contributed by atoms with Crippen LogP contribution in [0, 0.1) is 0 Å². The van der Waals surface area contributed by atoms with E-state index in [0.29, 0.717) is 24.6 Å². The highest BCUT2D eigenvalue weighted by Gasteiger charge is 2.19. The van der Waals surface area contributed by atoms with Crippen molar-refractivity contribution in [3.05, 3.63) is 48.0 Å². The van der Waals surface area contributed by atoms with Crippen molar-refractivity contribution >= 4 is 11.8 Å². The van der Waals surface area contributed by atoms with Crippen molar-refractivity contribution < 1.29 is 9.59 Å². The maximum absolute atomic E-state index is 12.1. The molecule has 2 aromatic rings. The van der Waals surface area contributed by atoms with Crippen LogP contribution in [0.15, 0.2) is 36.8 Å². The van der Waals surface area contributed by atoms with Crippen molar-refractivity contribution in [1.82, 2.24) is 30.7 Å². The SMILES string of the molecule is O=C(Cn1nccc1C1CCCNC1)NCCNC(=O)c1cccnc1. The Morgan fingerprint density at radius 3 is 2.88 bits per heavy atom. The van der Waals surface area contributed by atoms with Gasteiger partial charge in [-0.2, -0.15) is 5.10 Å². The van der Waals surface area contributed by atoms with E-state index in [2.05, 4.69) is 26.0 Å². The lowest BCUT2D eigenvalue weighted by Gasteiger charge is -2.23. The summed E-state index contributed by atoms with van der Waals surface area (Å²) in [5, 5.41) is 13.2. The molecule has 8 heteroatoms. The average Bonchev–Trinajstić information content (AvgIpc) is 3.14. The summed E-state index contributed by atoms with van der Waals surface area (Å²) < 4.78 is 1.77. The molecule has 0 aromatic carbocycles. The fourth-order valence-corrected chi connectivity index (χ4v) is 3.10. The van der Waals surface area contributed by atoms with E-state index >= 15 is 0 Å². The van der Waals surface area contributed by atoms with Crippen LogP contribution in [0.2, 0.25) is 0 Å². The third-order valence-electron chi connectivity index (χ3n) is 4.41. The average molecular weight is 356 g/mol. The monoisotopic (exact) mass is 356 g/mol. The van der Waals surface area contributed by atoms with E-state index in [1.54, 1.807) is 29.2 Å². The third kappa shape index (κ3) is 4.89. The van der Waals surface area contributed by atoms with Gasteiger partial charge in [-0.05, 0) is 37.6 Å². The fourth-order valence-electron chi connectivity index (χ4n) is 3.10. The smallest absolute Gasteiger partial charge is 0.252 e. The Hall–Kier alpha value is -2.74. The van der Waals surface area contributed by atoms with Crippen LogP contribution < -0.4 is 16.0 Å². The lowest BCUT2D eigenvalue weighted by molar-refractivity contribution is -0.121. The molecule has 1 atom stereocenters. The molecule has 1 aliphatic heterocycles. The number of hydrogen-bond donors (Lipinski definition) is 3. The molecule has 0 bridgehead atoms. The molecule has 0 aliphatic carbocycles. The van der Waals surface area contributed by atoms with Crippen molar-refractivity contribution in [2.45, 2.75) is 25.3 Å². The summed E-state index contributed by atoms with van der Waals surface area (Å²) in [6, 6.07) is 5.39. The highest BCUT2D eigenvalue weighted by molar-refractivity contribution is 5.93. The molecule has 3 rings (SSSR count). The van der Waals surface area contributed by atoms with Gasteiger partial charge in [0, 0.05) is 49.8 Å². The quantitative estimate of drug-likeness (QED) is 0.619. The minimum atomic E-state index is -0.202. The van der Waals surface area contributed by atoms with E-state index in [1.807, 2.05) is 6.07 Å². The molecule has 1 saturated heterocycles. The van der Waals surface area contributed by atoms with Crippen LogP contribution in [0.1, 0.15) is 34.8 Å². The summed E-state index contributed by atoms with van der Waals surface area (Å²) >= 11 is 0. The maximum atomic E-state index is 12.1. The van der Waals surface area contributed by atoms with Gasteiger partial charge in [0.2, 0.25) is 5.91 Å². The predicted octanol–water partition coefficient (Wildman–Crippen LogP) is 0.291. The van der Waals surface area contributed by atoms with E-state index in [-0.39, 0.29) is 18.4 Å². The van der Waals surface area contributed by atoms with Gasteiger partial charge in [0.15, 0.2) is 0 Å². The van der Waals surface area contributed by atoms with Gasteiger partial charge >= 0.3 is 0 Å². The number of nitrogens with zero attached hydrogens (tertiary/aromatic N) is 3. The minimum absolute atomic E-state index is 0.116. The first-order valence-electron chi connectivity index (χ1n) is 8.91. The van der Waals surface area contributed by atoms with Gasteiger partial charge in [0.1, 0.15) is 6.54 Å². The van der Waals surface area contributed by atoms with E-state index in [4.69, 9.17) is 0 Å². The van der Waals surface area contributed by atoms with Crippen molar-refractivity contribution in [2.75, 3.05) is 26.2 Å². The Morgan fingerprint density at radius 1 is 1.23 bits per heavy atom. The van der Waals surface area contributed by atoms with E-state index < -0.39 is 0 Å². The number of aromatic nitrogens is 3. The lowest BCUT2D eigenvalue weighted by Crippen LogP contribution is -2.37. The normalized spacial score (nSPS) is 16.8. The molecule has 138 valence electrons. The number of hydrogen-bond acceptors (Lipinski definition) is 5. The van der Waals surface area contributed by atoms with E-state index in [1.165, 1.54) is 6.20 Å². The zero-order valence-corrected chi connectivity index (χ0v) is 14.6. The Morgan fingerprint density at radius 2 is 2.12 bits per heavy atom. The molecule has 2 amide bonds. The number of carbonyl (C=O) groups is 2. The van der Waals surface area contributed by atoms with Crippen LogP contribution in [0.4, 0.5) is 0 Å². The van der Waals surface area contributed by atoms with Gasteiger partial charge in [0.25, 0.3) is 5.91 Å². The van der Waals surface area contributed by atoms with E-state index in [0.717, 1.165) is 31.6 Å². The molecule has 0 saturated carbocycles. The minimum Gasteiger partial charge on any atom is -0.353 e. The molecule has 0 radical (unpaired) electrons. The fraction of sp³-hybridized carbons (Fsp3) is 0.444. The molecule has 1 fully saturated rings. The Bertz CT molecular complexity index is 724. The summed E-state index contributed by atoms with van der Waals surface area (Å²) in [4.78, 5) is 27.9. The Balaban J connectivity index is 1.41. The number of piperidine rings is 1. The summed E-state index contributed by atoms with van der Waals surface area (Å²) in [6.45, 7) is 2.89. The largest absolute Gasteiger partial charge is 0.353 e. The predicted molar refractivity (Wildman–Crippen MR) is 96.7 cm³/mol. The number of amides is 2. The molecule has 3 N–H and O–H groups in total. The number of pyridine rings is 1. The van der Waals surface area contributed by atoms with Crippen LogP contribution in [0.25, 0.3) is 0 Å². The first kappa shape index (κ1) is 18.1. The molecule has 3 heterocycles. The first-order chi connectivity index (χ1) is 12.7. The van der Waals surface area contributed by atoms with Crippen LogP contribution in [-0.4, -0.2) is 52.8 Å². The third-order valence-corrected chi connectivity index (χ3v) is 4.41. The van der Waals surface area contributed by atoms with Crippen molar-refractivity contribution in [1.29, 1.82) is 0 Å². The second-order valence-electron chi connectivity index (χ2n) is 6.30. The van der Waals surface area contributed by atoms with Gasteiger partial charge in [-0.15, -0.1) is 0 Å². The summed E-state index contributed by atoms with van der Waals surface area (Å²) in [5.74, 6) is 0.0821. The van der Waals surface area contributed by atoms with Crippen LogP contribution in [0.5, 0.6) is 0 Å². The van der Waals surface area contributed by atoms with Crippen LogP contribution >= 0.6 is 0 Å². The maximum Gasteiger partial charge on any atom is 0.252 e. The number of rotatable bonds is 7. The number of carbonyl (C=O) groups excluding carboxylic acids is 2. The van der Waals surface area contributed by atoms with Crippen LogP contribution in [-0.2, 0) is 11.3 Å². The van der Waals surface area contributed by atoms with Gasteiger partial charge in [-0.1, -0.05) is 0 Å². The summed E-state index contributed by atoms with van der Waals surface area (Å²) in [7, 11) is 0. The summed E-state index contributed by atoms with van der Waals surface area (Å²) in [5.41, 5.74) is 1.60. The van der Waals surface area contributed by atoms with Crippen molar-refractivity contribution in [3.8, 4) is 0 Å². The number of nitrogens with one attached hydrogen (secondary N) is 3. The molecule has 1 aliphatic rings. The van der Waals surface area contributed by atoms with Crippen molar-refractivity contribution in [3.63, 3.8) is 0 Å². The zero-order chi connectivity index (χ0) is 18.2. The Kier molecular flexibility index (Phi) is 6.32. The zero-order valence-electron chi connectivity index (χ0n) is 14.6. The first-order valence-corrected chi connectivity index (χ1v) is 8.91. The topological polar surface area (TPSA) is 101 Å². The van der Waals surface area contributed by atoms with Gasteiger partial charge in [-0.3, -0.25) is 19.3 Å². The highest BCUT2D eigenvalue weighted by Crippen LogP contribution is 2.22. The molecule has 2 aromatic heterocycles. The molecule has 0 spiro atoms. The molecule has 1 unspecified atom stereocenters. The van der Waals surface area contributed by atoms with Gasteiger partial charge in [0.05, 0.1) is 5.56 Å². The molecule has 26 heavy (non-hydrogen) atoms. The summed E-state index contributed by atoms with van der Waals surface area (Å²) in [6.07, 6.45) is 7.11. The lowest BCUT2D eigenvalue weighted by atomic mass is 9.96. The standard InChI is InChI=1S/C18H24N6O2/c25-17(21-9-10-22-18(26)15-4-2-7-20-12-15)13-24-16(5-8-23-24)14-3-1-6-19-11-14/h2,4-5,7-8,12,14,19H,1,3,6,9-11,13H2,(H,21,25)(H,22,26). The molecular weight excluding hydrogens is 332 g/mol. The van der Waals surface area contributed by atoms with Crippen LogP contribution in [0.3, 0.4) is 0 Å². The highest BCUT2D eigenvalue weighted by atomic mass is 16.2. The molecule has 8 nitrogen and oxygen atoms in total. The van der Waals surface area contributed by atoms with Gasteiger partial charge in [-0.25, -0.2) is 0 Å². The van der Waals surface area contributed by atoms with Gasteiger partial charge < -0.3 is 16.0 Å². The second kappa shape index (κ2) is 9.10. The van der Waals surface area contributed by atoms with E-state index in [9.17, 15) is 9.59 Å². The molecular formula is C18H24N6O2. The Labute approximate surface area is 152 Å².